The summed E-state index contributed by atoms with van der Waals surface area (Å²) in [6.07, 6.45) is 6.62. The molecule has 8 heteroatoms. The van der Waals surface area contributed by atoms with Crippen LogP contribution in [0.5, 0.6) is 0 Å². The average molecular weight is 533 g/mol. The summed E-state index contributed by atoms with van der Waals surface area (Å²) in [6.45, 7) is 9.54. The summed E-state index contributed by atoms with van der Waals surface area (Å²) in [5, 5.41) is 5.02. The summed E-state index contributed by atoms with van der Waals surface area (Å²) < 4.78 is 25.3. The highest BCUT2D eigenvalue weighted by molar-refractivity contribution is 7.94. The third-order valence-electron chi connectivity index (χ3n) is 7.30. The monoisotopic (exact) mass is 532 g/mol. The smallest absolute Gasteiger partial charge is 0.224 e. The quantitative estimate of drug-likeness (QED) is 0.343. The Morgan fingerprint density at radius 2 is 1.94 bits per heavy atom. The molecule has 0 saturated heterocycles. The van der Waals surface area contributed by atoms with Crippen molar-refractivity contribution in [3.63, 3.8) is 0 Å². The van der Waals surface area contributed by atoms with Crippen molar-refractivity contribution in [2.75, 3.05) is 5.75 Å². The molecule has 2 atom stereocenters. The van der Waals surface area contributed by atoms with Gasteiger partial charge in [-0.05, 0) is 48.8 Å². The lowest BCUT2D eigenvalue weighted by Crippen LogP contribution is -2.45. The first kappa shape index (κ1) is 28.5. The summed E-state index contributed by atoms with van der Waals surface area (Å²) >= 11 is 1.58. The molecule has 0 unspecified atom stereocenters. The van der Waals surface area contributed by atoms with Gasteiger partial charge >= 0.3 is 0 Å². The first-order valence-corrected chi connectivity index (χ1v) is 15.7. The Morgan fingerprint density at radius 1 is 1.22 bits per heavy atom. The number of aromatic nitrogens is 1. The van der Waals surface area contributed by atoms with E-state index in [-0.39, 0.29) is 35.8 Å². The largest absolute Gasteiger partial charge is 0.353 e. The molecule has 1 aliphatic carbocycles. The molecule has 0 bridgehead atoms. The number of nitrogens with zero attached hydrogens (tertiary/aromatic N) is 1. The van der Waals surface area contributed by atoms with Gasteiger partial charge in [0.1, 0.15) is 5.78 Å². The fourth-order valence-electron chi connectivity index (χ4n) is 4.96. The first-order valence-electron chi connectivity index (χ1n) is 13.2. The van der Waals surface area contributed by atoms with Gasteiger partial charge in [-0.3, -0.25) is 9.59 Å². The predicted octanol–water partition coefficient (Wildman–Crippen LogP) is 5.96. The van der Waals surface area contributed by atoms with E-state index in [9.17, 15) is 18.0 Å². The van der Waals surface area contributed by atoms with Gasteiger partial charge in [0.05, 0.1) is 26.9 Å². The second kappa shape index (κ2) is 13.0. The molecule has 6 nitrogen and oxygen atoms in total. The molecule has 1 aromatic heterocycles. The van der Waals surface area contributed by atoms with Crippen LogP contribution < -0.4 is 5.32 Å². The van der Waals surface area contributed by atoms with Gasteiger partial charge in [0, 0.05) is 30.7 Å². The van der Waals surface area contributed by atoms with E-state index in [2.05, 4.69) is 37.9 Å². The van der Waals surface area contributed by atoms with E-state index < -0.39 is 15.8 Å². The maximum absolute atomic E-state index is 13.5. The van der Waals surface area contributed by atoms with Crippen molar-refractivity contribution in [1.82, 2.24) is 10.3 Å². The van der Waals surface area contributed by atoms with E-state index in [4.69, 9.17) is 4.98 Å². The normalized spacial score (nSPS) is 16.7. The fraction of sp³-hybridized carbons (Fsp3) is 0.607. The zero-order chi connectivity index (χ0) is 26.3. The highest BCUT2D eigenvalue weighted by atomic mass is 32.2. The topological polar surface area (TPSA) is 93.2 Å². The number of amides is 1. The Bertz CT molecular complexity index is 1160. The molecular formula is C28H40N2O4S2. The van der Waals surface area contributed by atoms with Crippen LogP contribution in [0.4, 0.5) is 0 Å². The van der Waals surface area contributed by atoms with Gasteiger partial charge in [-0.15, -0.1) is 11.3 Å². The minimum Gasteiger partial charge on any atom is -0.353 e. The second-order valence-electron chi connectivity index (χ2n) is 10.3. The van der Waals surface area contributed by atoms with Crippen LogP contribution >= 0.6 is 11.3 Å². The van der Waals surface area contributed by atoms with Crippen LogP contribution in [0.15, 0.2) is 30.2 Å². The molecule has 0 spiro atoms. The van der Waals surface area contributed by atoms with E-state index in [0.29, 0.717) is 25.2 Å². The maximum Gasteiger partial charge on any atom is 0.224 e. The molecule has 1 N–H and O–H groups in total. The molecule has 1 aliphatic rings. The van der Waals surface area contributed by atoms with Gasteiger partial charge in [-0.2, -0.15) is 0 Å². The van der Waals surface area contributed by atoms with E-state index in [1.807, 2.05) is 13.0 Å². The standard InChI is InChI=1S/C28H40N2O4S2/c1-5-23(31)16-22(18-27-29-25-13-12-21(19(3)4)17-26(25)35-27)28(32)30-24(14-15-36(33,34)6-2)20-10-8-7-9-11-20/h6,12-13,17,19-20,22,24H,2,5,7-11,14-16,18H2,1,3-4H3,(H,30,32)/t22-,24+/m0/s1. The number of carbonyl (C=O) groups excluding carboxylic acids is 2. The Balaban J connectivity index is 1.80. The Hall–Kier alpha value is -2.06. The number of hydrogen-bond acceptors (Lipinski definition) is 6. The lowest BCUT2D eigenvalue weighted by molar-refractivity contribution is -0.130. The van der Waals surface area contributed by atoms with E-state index in [1.54, 1.807) is 11.3 Å². The summed E-state index contributed by atoms with van der Waals surface area (Å²) in [5.74, 6) is -0.0200. The number of thiazole rings is 1. The van der Waals surface area contributed by atoms with Crippen molar-refractivity contribution < 1.29 is 18.0 Å². The van der Waals surface area contributed by atoms with Crippen LogP contribution in [0.2, 0.25) is 0 Å². The van der Waals surface area contributed by atoms with Crippen LogP contribution in [-0.2, 0) is 25.8 Å². The van der Waals surface area contributed by atoms with E-state index >= 15 is 0 Å². The second-order valence-corrected chi connectivity index (χ2v) is 13.5. The molecule has 198 valence electrons. The molecule has 0 radical (unpaired) electrons. The summed E-state index contributed by atoms with van der Waals surface area (Å²) in [4.78, 5) is 30.7. The fourth-order valence-corrected chi connectivity index (χ4v) is 6.81. The lowest BCUT2D eigenvalue weighted by Gasteiger charge is -2.32. The number of rotatable bonds is 13. The molecule has 36 heavy (non-hydrogen) atoms. The first-order chi connectivity index (χ1) is 17.1. The minimum atomic E-state index is -3.36. The number of Topliss-reactive ketones (excluding diaryl/α,β-unsaturated/α-hetero) is 1. The van der Waals surface area contributed by atoms with Gasteiger partial charge in [0.25, 0.3) is 0 Å². The Labute approximate surface area is 219 Å². The SMILES string of the molecule is C=CS(=O)(=O)CC[C@@H](NC(=O)[C@@H](CC(=O)CC)Cc1nc2ccc(C(C)C)cc2s1)C1CCCCC1. The van der Waals surface area contributed by atoms with Crippen LogP contribution in [0.25, 0.3) is 10.2 Å². The van der Waals surface area contributed by atoms with Gasteiger partial charge in [-0.1, -0.05) is 52.7 Å². The predicted molar refractivity (Wildman–Crippen MR) is 148 cm³/mol. The number of fused-ring (bicyclic) bond motifs is 1. The third-order valence-corrected chi connectivity index (χ3v) is 9.65. The zero-order valence-corrected chi connectivity index (χ0v) is 23.4. The molecule has 1 amide bonds. The van der Waals surface area contributed by atoms with Crippen LogP contribution in [0, 0.1) is 11.8 Å². The number of sulfone groups is 1. The van der Waals surface area contributed by atoms with Crippen molar-refractivity contribution in [2.45, 2.75) is 90.5 Å². The molecule has 1 aromatic carbocycles. The number of benzene rings is 1. The van der Waals surface area contributed by atoms with Crippen LogP contribution in [-0.4, -0.2) is 36.9 Å². The van der Waals surface area contributed by atoms with Gasteiger partial charge in [-0.25, -0.2) is 13.4 Å². The van der Waals surface area contributed by atoms with Crippen LogP contribution in [0.3, 0.4) is 0 Å². The summed E-state index contributed by atoms with van der Waals surface area (Å²) in [7, 11) is -3.36. The van der Waals surface area contributed by atoms with E-state index in [0.717, 1.165) is 46.3 Å². The van der Waals surface area contributed by atoms with Crippen molar-refractivity contribution in [3.8, 4) is 0 Å². The number of ketones is 1. The third kappa shape index (κ3) is 7.97. The van der Waals surface area contributed by atoms with E-state index in [1.165, 1.54) is 12.0 Å². The molecule has 1 fully saturated rings. The van der Waals surface area contributed by atoms with Crippen molar-refractivity contribution in [2.24, 2.45) is 11.8 Å². The average Bonchev–Trinajstić information content (AvgIpc) is 3.28. The highest BCUT2D eigenvalue weighted by Gasteiger charge is 2.30. The zero-order valence-electron chi connectivity index (χ0n) is 21.8. The van der Waals surface area contributed by atoms with Crippen molar-refractivity contribution in [1.29, 1.82) is 0 Å². The molecular weight excluding hydrogens is 492 g/mol. The summed E-state index contributed by atoms with van der Waals surface area (Å²) in [6, 6.07) is 6.05. The number of nitrogens with one attached hydrogen (secondary N) is 1. The van der Waals surface area contributed by atoms with Gasteiger partial charge < -0.3 is 5.32 Å². The van der Waals surface area contributed by atoms with Crippen molar-refractivity contribution >= 4 is 43.1 Å². The lowest BCUT2D eigenvalue weighted by atomic mass is 9.82. The van der Waals surface area contributed by atoms with Crippen molar-refractivity contribution in [3.05, 3.63) is 40.8 Å². The molecule has 1 heterocycles. The van der Waals surface area contributed by atoms with Crippen LogP contribution in [0.1, 0.15) is 88.6 Å². The Morgan fingerprint density at radius 3 is 2.58 bits per heavy atom. The number of carbonyl (C=O) groups is 2. The summed E-state index contributed by atoms with van der Waals surface area (Å²) in [5.41, 5.74) is 2.16. The molecule has 1 saturated carbocycles. The highest BCUT2D eigenvalue weighted by Crippen LogP contribution is 2.30. The Kier molecular flexibility index (Phi) is 10.3. The van der Waals surface area contributed by atoms with Gasteiger partial charge in [0.15, 0.2) is 9.84 Å². The number of hydrogen-bond donors (Lipinski definition) is 1. The molecule has 0 aliphatic heterocycles. The molecule has 2 aromatic rings. The molecule has 3 rings (SSSR count). The minimum absolute atomic E-state index is 0.0352. The maximum atomic E-state index is 13.5. The van der Waals surface area contributed by atoms with Gasteiger partial charge in [0.2, 0.25) is 5.91 Å².